The number of rotatable bonds is 3. The number of anilines is 2. The number of nitrogens with zero attached hydrogens (tertiary/aromatic N) is 1. The molecule has 0 bridgehead atoms. The lowest BCUT2D eigenvalue weighted by Gasteiger charge is -2.11. The van der Waals surface area contributed by atoms with Crippen molar-refractivity contribution in [3.05, 3.63) is 59.7 Å². The van der Waals surface area contributed by atoms with Crippen LogP contribution in [-0.4, -0.2) is 12.1 Å². The number of nitrogens with two attached hydrogens (primary N) is 2. The lowest BCUT2D eigenvalue weighted by Crippen LogP contribution is -2.01. The van der Waals surface area contributed by atoms with E-state index in [4.69, 9.17) is 16.2 Å². The number of hydrogen-bond acceptors (Lipinski definition) is 4. The van der Waals surface area contributed by atoms with E-state index in [9.17, 15) is 0 Å². The van der Waals surface area contributed by atoms with Gasteiger partial charge in [0.15, 0.2) is 0 Å². The Morgan fingerprint density at radius 1 is 1.00 bits per heavy atom. The van der Waals surface area contributed by atoms with Crippen molar-refractivity contribution in [1.29, 1.82) is 0 Å². The van der Waals surface area contributed by atoms with Gasteiger partial charge in [0.2, 0.25) is 0 Å². The van der Waals surface area contributed by atoms with E-state index >= 15 is 0 Å². The summed E-state index contributed by atoms with van der Waals surface area (Å²) in [7, 11) is 1.67. The van der Waals surface area contributed by atoms with E-state index in [-0.39, 0.29) is 0 Å². The third-order valence-electron chi connectivity index (χ3n) is 3.58. The maximum Gasteiger partial charge on any atom is 0.127 e. The molecule has 3 aromatic rings. The normalized spacial score (nSPS) is 10.7. The molecule has 0 atom stereocenters. The molecule has 0 aliphatic heterocycles. The Hall–Kier alpha value is -2.75. The molecule has 0 saturated carbocycles. The molecule has 106 valence electrons. The van der Waals surface area contributed by atoms with E-state index in [1.165, 1.54) is 0 Å². The number of hydrogen-bond donors (Lipinski definition) is 2. The number of benzene rings is 2. The van der Waals surface area contributed by atoms with Crippen LogP contribution in [0.4, 0.5) is 11.5 Å². The van der Waals surface area contributed by atoms with Gasteiger partial charge in [0.25, 0.3) is 0 Å². The third-order valence-corrected chi connectivity index (χ3v) is 3.58. The molecule has 4 nitrogen and oxygen atoms in total. The largest absolute Gasteiger partial charge is 0.496 e. The molecular formula is C17H17N3O. The predicted molar refractivity (Wildman–Crippen MR) is 86.4 cm³/mol. The van der Waals surface area contributed by atoms with Crippen LogP contribution in [-0.2, 0) is 6.42 Å². The molecule has 3 rings (SSSR count). The Balaban J connectivity index is 2.08. The van der Waals surface area contributed by atoms with Crippen molar-refractivity contribution in [3.8, 4) is 5.75 Å². The van der Waals surface area contributed by atoms with E-state index in [0.29, 0.717) is 17.9 Å². The first-order valence-corrected chi connectivity index (χ1v) is 6.74. The molecule has 2 aromatic carbocycles. The van der Waals surface area contributed by atoms with Crippen molar-refractivity contribution in [1.82, 2.24) is 4.98 Å². The van der Waals surface area contributed by atoms with Gasteiger partial charge in [-0.3, -0.25) is 0 Å². The number of fused-ring (bicyclic) bond motifs is 1. The molecule has 1 heterocycles. The second-order valence-electron chi connectivity index (χ2n) is 4.94. The summed E-state index contributed by atoms with van der Waals surface area (Å²) in [6.45, 7) is 0. The van der Waals surface area contributed by atoms with Crippen LogP contribution in [0.15, 0.2) is 48.5 Å². The Labute approximate surface area is 123 Å². The van der Waals surface area contributed by atoms with Gasteiger partial charge in [0.1, 0.15) is 11.6 Å². The zero-order valence-electron chi connectivity index (χ0n) is 11.8. The van der Waals surface area contributed by atoms with Gasteiger partial charge in [0, 0.05) is 17.5 Å². The zero-order chi connectivity index (χ0) is 14.8. The molecule has 0 aliphatic carbocycles. The highest BCUT2D eigenvalue weighted by molar-refractivity contribution is 5.91. The molecule has 0 unspecified atom stereocenters. The van der Waals surface area contributed by atoms with Gasteiger partial charge in [-0.05, 0) is 35.4 Å². The fourth-order valence-electron chi connectivity index (χ4n) is 2.47. The van der Waals surface area contributed by atoms with Crippen LogP contribution in [0.5, 0.6) is 5.75 Å². The summed E-state index contributed by atoms with van der Waals surface area (Å²) >= 11 is 0. The van der Waals surface area contributed by atoms with Gasteiger partial charge >= 0.3 is 0 Å². The molecule has 0 radical (unpaired) electrons. The van der Waals surface area contributed by atoms with Crippen LogP contribution >= 0.6 is 0 Å². The van der Waals surface area contributed by atoms with Crippen molar-refractivity contribution < 1.29 is 4.74 Å². The topological polar surface area (TPSA) is 74.2 Å². The lowest BCUT2D eigenvalue weighted by atomic mass is 10.0. The van der Waals surface area contributed by atoms with Crippen molar-refractivity contribution in [2.24, 2.45) is 0 Å². The maximum atomic E-state index is 6.08. The number of pyridine rings is 1. The number of ether oxygens (including phenoxy) is 1. The Morgan fingerprint density at radius 2 is 1.81 bits per heavy atom. The highest BCUT2D eigenvalue weighted by Crippen LogP contribution is 2.27. The van der Waals surface area contributed by atoms with Crippen LogP contribution in [0, 0.1) is 0 Å². The average molecular weight is 279 g/mol. The van der Waals surface area contributed by atoms with Crippen LogP contribution in [0.2, 0.25) is 0 Å². The standard InChI is InChI=1S/C17H17N3O/c1-21-16-8-3-2-5-11(16)9-12-10-13-14(18)6-4-7-15(13)20-17(12)19/h2-8,10H,9,18H2,1H3,(H2,19,20). The van der Waals surface area contributed by atoms with Gasteiger partial charge in [0.05, 0.1) is 12.6 Å². The second kappa shape index (κ2) is 5.32. The molecule has 0 aliphatic rings. The van der Waals surface area contributed by atoms with E-state index in [1.807, 2.05) is 48.5 Å². The number of nitrogen functional groups attached to an aromatic ring is 2. The third kappa shape index (κ3) is 2.48. The highest BCUT2D eigenvalue weighted by atomic mass is 16.5. The van der Waals surface area contributed by atoms with Crippen LogP contribution in [0.3, 0.4) is 0 Å². The molecule has 1 aromatic heterocycles. The molecule has 0 spiro atoms. The summed E-state index contributed by atoms with van der Waals surface area (Å²) in [6.07, 6.45) is 0.660. The van der Waals surface area contributed by atoms with Gasteiger partial charge in [-0.2, -0.15) is 0 Å². The van der Waals surface area contributed by atoms with Gasteiger partial charge in [-0.25, -0.2) is 4.98 Å². The molecule has 4 heteroatoms. The summed E-state index contributed by atoms with van der Waals surface area (Å²) in [6, 6.07) is 15.6. The van der Waals surface area contributed by atoms with E-state index < -0.39 is 0 Å². The van der Waals surface area contributed by atoms with Crippen molar-refractivity contribution in [3.63, 3.8) is 0 Å². The lowest BCUT2D eigenvalue weighted by molar-refractivity contribution is 0.410. The summed E-state index contributed by atoms with van der Waals surface area (Å²) < 4.78 is 5.38. The fraction of sp³-hybridized carbons (Fsp3) is 0.118. The predicted octanol–water partition coefficient (Wildman–Crippen LogP) is 3.00. The summed E-state index contributed by atoms with van der Waals surface area (Å²) in [5.41, 5.74) is 15.6. The first-order chi connectivity index (χ1) is 10.2. The number of para-hydroxylation sites is 1. The maximum absolute atomic E-state index is 6.08. The van der Waals surface area contributed by atoms with Gasteiger partial charge in [-0.1, -0.05) is 24.3 Å². The smallest absolute Gasteiger partial charge is 0.127 e. The summed E-state index contributed by atoms with van der Waals surface area (Å²) in [5.74, 6) is 1.37. The fourth-order valence-corrected chi connectivity index (χ4v) is 2.47. The Bertz CT molecular complexity index is 799. The summed E-state index contributed by atoms with van der Waals surface area (Å²) in [5, 5.41) is 0.927. The zero-order valence-corrected chi connectivity index (χ0v) is 11.8. The van der Waals surface area contributed by atoms with E-state index in [0.717, 1.165) is 27.8 Å². The second-order valence-corrected chi connectivity index (χ2v) is 4.94. The first kappa shape index (κ1) is 13.2. The van der Waals surface area contributed by atoms with Crippen molar-refractivity contribution in [2.75, 3.05) is 18.6 Å². The number of methoxy groups -OCH3 is 1. The van der Waals surface area contributed by atoms with Crippen LogP contribution in [0.25, 0.3) is 10.9 Å². The molecule has 0 amide bonds. The molecular weight excluding hydrogens is 262 g/mol. The van der Waals surface area contributed by atoms with Gasteiger partial charge < -0.3 is 16.2 Å². The number of aromatic nitrogens is 1. The minimum atomic E-state index is 0.527. The van der Waals surface area contributed by atoms with E-state index in [1.54, 1.807) is 7.11 Å². The van der Waals surface area contributed by atoms with Crippen LogP contribution < -0.4 is 16.2 Å². The Kier molecular flexibility index (Phi) is 3.36. The quantitative estimate of drug-likeness (QED) is 0.723. The average Bonchev–Trinajstić information content (AvgIpc) is 2.49. The Morgan fingerprint density at radius 3 is 2.62 bits per heavy atom. The first-order valence-electron chi connectivity index (χ1n) is 6.74. The van der Waals surface area contributed by atoms with Crippen molar-refractivity contribution in [2.45, 2.75) is 6.42 Å². The molecule has 0 saturated heterocycles. The van der Waals surface area contributed by atoms with Crippen LogP contribution in [0.1, 0.15) is 11.1 Å². The summed E-state index contributed by atoms with van der Waals surface area (Å²) in [4.78, 5) is 4.45. The SMILES string of the molecule is COc1ccccc1Cc1cc2c(N)cccc2nc1N. The van der Waals surface area contributed by atoms with E-state index in [2.05, 4.69) is 4.98 Å². The monoisotopic (exact) mass is 279 g/mol. The minimum absolute atomic E-state index is 0.527. The molecule has 4 N–H and O–H groups in total. The van der Waals surface area contributed by atoms with Crippen molar-refractivity contribution >= 4 is 22.4 Å². The van der Waals surface area contributed by atoms with Gasteiger partial charge in [-0.15, -0.1) is 0 Å². The minimum Gasteiger partial charge on any atom is -0.496 e. The molecule has 0 fully saturated rings. The highest BCUT2D eigenvalue weighted by Gasteiger charge is 2.09. The molecule has 21 heavy (non-hydrogen) atoms.